The largest absolute Gasteiger partial charge is 0.481 e. The number of piperidine rings is 1. The maximum atomic E-state index is 12.0. The molecule has 1 amide bonds. The van der Waals surface area contributed by atoms with E-state index in [2.05, 4.69) is 0 Å². The minimum Gasteiger partial charge on any atom is -0.481 e. The van der Waals surface area contributed by atoms with Gasteiger partial charge in [-0.15, -0.1) is 11.3 Å². The van der Waals surface area contributed by atoms with Crippen molar-refractivity contribution >= 4 is 34.8 Å². The average Bonchev–Trinajstić information content (AvgIpc) is 2.75. The minimum atomic E-state index is -0.813. The Balaban J connectivity index is 1.94. The van der Waals surface area contributed by atoms with Crippen LogP contribution in [0.4, 0.5) is 0 Å². The average molecular weight is 288 g/mol. The predicted molar refractivity (Wildman–Crippen MR) is 70.0 cm³/mol. The van der Waals surface area contributed by atoms with Gasteiger partial charge in [0.05, 0.1) is 16.7 Å². The normalized spacial score (nSPS) is 19.8. The monoisotopic (exact) mass is 287 g/mol. The zero-order valence-corrected chi connectivity index (χ0v) is 11.3. The third-order valence-corrected chi connectivity index (χ3v) is 4.31. The highest BCUT2D eigenvalue weighted by molar-refractivity contribution is 7.16. The summed E-state index contributed by atoms with van der Waals surface area (Å²) in [6.07, 6.45) is 1.72. The van der Waals surface area contributed by atoms with Crippen LogP contribution in [-0.2, 0) is 16.0 Å². The van der Waals surface area contributed by atoms with E-state index < -0.39 is 11.9 Å². The van der Waals surface area contributed by atoms with Crippen molar-refractivity contribution in [1.82, 2.24) is 4.90 Å². The molecule has 1 saturated heterocycles. The molecular formula is C12H14ClNO3S. The van der Waals surface area contributed by atoms with Gasteiger partial charge in [-0.3, -0.25) is 9.59 Å². The fraction of sp³-hybridized carbons (Fsp3) is 0.500. The Morgan fingerprint density at radius 2 is 2.28 bits per heavy atom. The summed E-state index contributed by atoms with van der Waals surface area (Å²) in [6.45, 7) is 0.981. The van der Waals surface area contributed by atoms with Gasteiger partial charge in [-0.1, -0.05) is 11.6 Å². The van der Waals surface area contributed by atoms with Crippen LogP contribution < -0.4 is 0 Å². The zero-order chi connectivity index (χ0) is 13.1. The Kier molecular flexibility index (Phi) is 4.24. The standard InChI is InChI=1S/C12H14ClNO3S/c13-10-4-3-9(18-10)6-11(15)14-5-1-2-8(7-14)12(16)17/h3-4,8H,1-2,5-7H2,(H,16,17)/t8-/m0/s1. The van der Waals surface area contributed by atoms with Gasteiger partial charge in [-0.05, 0) is 25.0 Å². The fourth-order valence-corrected chi connectivity index (χ4v) is 3.19. The van der Waals surface area contributed by atoms with Crippen LogP contribution in [0.5, 0.6) is 0 Å². The van der Waals surface area contributed by atoms with Crippen molar-refractivity contribution in [3.8, 4) is 0 Å². The number of aliphatic carboxylic acids is 1. The van der Waals surface area contributed by atoms with E-state index in [9.17, 15) is 9.59 Å². The van der Waals surface area contributed by atoms with E-state index in [1.165, 1.54) is 11.3 Å². The Bertz CT molecular complexity index is 460. The maximum absolute atomic E-state index is 12.0. The molecule has 98 valence electrons. The molecule has 18 heavy (non-hydrogen) atoms. The van der Waals surface area contributed by atoms with Crippen LogP contribution >= 0.6 is 22.9 Å². The molecule has 2 heterocycles. The third kappa shape index (κ3) is 3.23. The molecule has 1 N–H and O–H groups in total. The van der Waals surface area contributed by atoms with Crippen molar-refractivity contribution in [2.75, 3.05) is 13.1 Å². The molecule has 1 atom stereocenters. The maximum Gasteiger partial charge on any atom is 0.308 e. The second-order valence-corrected chi connectivity index (χ2v) is 6.20. The summed E-state index contributed by atoms with van der Waals surface area (Å²) in [5, 5.41) is 8.98. The fourth-order valence-electron chi connectivity index (χ4n) is 2.11. The third-order valence-electron chi connectivity index (χ3n) is 3.08. The summed E-state index contributed by atoms with van der Waals surface area (Å²) >= 11 is 7.20. The quantitative estimate of drug-likeness (QED) is 0.928. The van der Waals surface area contributed by atoms with Crippen LogP contribution in [0.3, 0.4) is 0 Å². The van der Waals surface area contributed by atoms with Gasteiger partial charge < -0.3 is 10.0 Å². The van der Waals surface area contributed by atoms with Gasteiger partial charge in [-0.25, -0.2) is 0 Å². The van der Waals surface area contributed by atoms with Crippen LogP contribution in [0.1, 0.15) is 17.7 Å². The van der Waals surface area contributed by atoms with Gasteiger partial charge in [0.25, 0.3) is 0 Å². The van der Waals surface area contributed by atoms with Crippen molar-refractivity contribution in [1.29, 1.82) is 0 Å². The highest BCUT2D eigenvalue weighted by atomic mass is 35.5. The second kappa shape index (κ2) is 5.71. The van der Waals surface area contributed by atoms with Crippen molar-refractivity contribution < 1.29 is 14.7 Å². The van der Waals surface area contributed by atoms with Crippen LogP contribution in [0.25, 0.3) is 0 Å². The molecule has 0 spiro atoms. The molecule has 1 aromatic rings. The number of nitrogens with zero attached hydrogens (tertiary/aromatic N) is 1. The summed E-state index contributed by atoms with van der Waals surface area (Å²) in [5.41, 5.74) is 0. The van der Waals surface area contributed by atoms with E-state index in [0.717, 1.165) is 11.3 Å². The first kappa shape index (κ1) is 13.4. The molecule has 0 saturated carbocycles. The summed E-state index contributed by atoms with van der Waals surface area (Å²) in [4.78, 5) is 25.5. The molecule has 0 aromatic carbocycles. The van der Waals surface area contributed by atoms with Gasteiger partial charge in [0.15, 0.2) is 0 Å². The van der Waals surface area contributed by atoms with E-state index in [1.807, 2.05) is 6.07 Å². The smallest absolute Gasteiger partial charge is 0.308 e. The van der Waals surface area contributed by atoms with Crippen molar-refractivity contribution in [2.24, 2.45) is 5.92 Å². The zero-order valence-electron chi connectivity index (χ0n) is 9.76. The first-order chi connectivity index (χ1) is 8.56. The van der Waals surface area contributed by atoms with Crippen molar-refractivity contribution in [3.63, 3.8) is 0 Å². The summed E-state index contributed by atoms with van der Waals surface area (Å²) in [5.74, 6) is -1.25. The molecule has 1 aliphatic rings. The molecule has 0 radical (unpaired) electrons. The van der Waals surface area contributed by atoms with E-state index in [-0.39, 0.29) is 5.91 Å². The highest BCUT2D eigenvalue weighted by Crippen LogP contribution is 2.23. The second-order valence-electron chi connectivity index (χ2n) is 4.40. The molecule has 0 unspecified atom stereocenters. The Hall–Kier alpha value is -1.07. The lowest BCUT2D eigenvalue weighted by Crippen LogP contribution is -2.42. The molecule has 1 fully saturated rings. The van der Waals surface area contributed by atoms with Gasteiger partial charge in [0.2, 0.25) is 5.91 Å². The van der Waals surface area contributed by atoms with Gasteiger partial charge in [0.1, 0.15) is 0 Å². The number of halogens is 1. The molecule has 1 aromatic heterocycles. The van der Waals surface area contributed by atoms with Crippen molar-refractivity contribution in [3.05, 3.63) is 21.3 Å². The number of carboxylic acids is 1. The number of hydrogen-bond acceptors (Lipinski definition) is 3. The number of amides is 1. The Morgan fingerprint density at radius 3 is 2.89 bits per heavy atom. The number of carbonyl (C=O) groups excluding carboxylic acids is 1. The van der Waals surface area contributed by atoms with Crippen LogP contribution in [0, 0.1) is 5.92 Å². The minimum absolute atomic E-state index is 0.0144. The van der Waals surface area contributed by atoms with Gasteiger partial charge >= 0.3 is 5.97 Å². The van der Waals surface area contributed by atoms with Crippen LogP contribution in [0.2, 0.25) is 4.34 Å². The van der Waals surface area contributed by atoms with Crippen LogP contribution in [0.15, 0.2) is 12.1 Å². The van der Waals surface area contributed by atoms with E-state index in [1.54, 1.807) is 11.0 Å². The van der Waals surface area contributed by atoms with Gasteiger partial charge in [0, 0.05) is 18.0 Å². The predicted octanol–water partition coefficient (Wildman–Crippen LogP) is 2.27. The SMILES string of the molecule is O=C(O)[C@H]1CCCN(C(=O)Cc2ccc(Cl)s2)C1. The summed E-state index contributed by atoms with van der Waals surface area (Å²) in [6, 6.07) is 3.61. The summed E-state index contributed by atoms with van der Waals surface area (Å²) in [7, 11) is 0. The topological polar surface area (TPSA) is 57.6 Å². The molecule has 1 aliphatic heterocycles. The summed E-state index contributed by atoms with van der Waals surface area (Å²) < 4.78 is 0.667. The van der Waals surface area contributed by atoms with E-state index >= 15 is 0 Å². The number of likely N-dealkylation sites (tertiary alicyclic amines) is 1. The molecule has 4 nitrogen and oxygen atoms in total. The van der Waals surface area contributed by atoms with Gasteiger partial charge in [-0.2, -0.15) is 0 Å². The van der Waals surface area contributed by atoms with E-state index in [0.29, 0.717) is 30.3 Å². The number of hydrogen-bond donors (Lipinski definition) is 1. The molecule has 2 rings (SSSR count). The Labute approximate surface area is 114 Å². The Morgan fingerprint density at radius 1 is 1.50 bits per heavy atom. The lowest BCUT2D eigenvalue weighted by atomic mass is 9.98. The van der Waals surface area contributed by atoms with E-state index in [4.69, 9.17) is 16.7 Å². The number of thiophene rings is 1. The number of carboxylic acid groups (broad SMARTS) is 1. The first-order valence-electron chi connectivity index (χ1n) is 5.81. The lowest BCUT2D eigenvalue weighted by Gasteiger charge is -2.30. The lowest BCUT2D eigenvalue weighted by molar-refractivity contribution is -0.145. The number of rotatable bonds is 3. The molecule has 0 bridgehead atoms. The van der Waals surface area contributed by atoms with Crippen LogP contribution in [-0.4, -0.2) is 35.0 Å². The molecular weight excluding hydrogens is 274 g/mol. The highest BCUT2D eigenvalue weighted by Gasteiger charge is 2.28. The first-order valence-corrected chi connectivity index (χ1v) is 7.00. The molecule has 0 aliphatic carbocycles. The number of carbonyl (C=O) groups is 2. The molecule has 6 heteroatoms. The van der Waals surface area contributed by atoms with Crippen molar-refractivity contribution in [2.45, 2.75) is 19.3 Å².